The van der Waals surface area contributed by atoms with Crippen LogP contribution in [0.2, 0.25) is 0 Å². The second-order valence-corrected chi connectivity index (χ2v) is 5.50. The lowest BCUT2D eigenvalue weighted by molar-refractivity contribution is -0.125. The number of nitrogens with one attached hydrogen (secondary N) is 2. The first-order valence-corrected chi connectivity index (χ1v) is 5.83. The molecule has 0 radical (unpaired) electrons. The third kappa shape index (κ3) is 0.684. The molecule has 0 aromatic carbocycles. The SMILES string of the molecule is O=C(C12CC1CCN2)C12CC1CCN2. The predicted octanol–water partition coefficient (Wildman–Crippen LogP) is 0.0595. The standard InChI is InChI=1S/C11H16N2O/c14-9(10-5-7(10)1-3-12-10)11-6-8(11)2-4-13-11/h7-8,12-13H,1-6H2. The van der Waals surface area contributed by atoms with E-state index in [4.69, 9.17) is 0 Å². The molecule has 0 bridgehead atoms. The summed E-state index contributed by atoms with van der Waals surface area (Å²) in [6.45, 7) is 2.11. The summed E-state index contributed by atoms with van der Waals surface area (Å²) in [6, 6.07) is 0. The maximum Gasteiger partial charge on any atom is 0.173 e. The van der Waals surface area contributed by atoms with Crippen molar-refractivity contribution in [2.75, 3.05) is 13.1 Å². The molecule has 4 rings (SSSR count). The number of ketones is 1. The Bertz CT molecular complexity index is 299. The van der Waals surface area contributed by atoms with Gasteiger partial charge in [0.15, 0.2) is 5.78 Å². The normalized spacial score (nSPS) is 58.0. The summed E-state index contributed by atoms with van der Waals surface area (Å²) in [5, 5.41) is 6.89. The fraction of sp³-hybridized carbons (Fsp3) is 0.909. The van der Waals surface area contributed by atoms with Crippen molar-refractivity contribution in [1.29, 1.82) is 0 Å². The van der Waals surface area contributed by atoms with Crippen LogP contribution >= 0.6 is 0 Å². The lowest BCUT2D eigenvalue weighted by Crippen LogP contribution is -2.50. The number of piperidine rings is 2. The van der Waals surface area contributed by atoms with Gasteiger partial charge in [-0.1, -0.05) is 0 Å². The summed E-state index contributed by atoms with van der Waals surface area (Å²) in [6.07, 6.45) is 4.66. The Hall–Kier alpha value is -0.410. The second kappa shape index (κ2) is 2.07. The van der Waals surface area contributed by atoms with Crippen LogP contribution in [0.3, 0.4) is 0 Å². The number of Topliss-reactive ketones (excluding diaryl/α,β-unsaturated/α-hetero) is 1. The van der Waals surface area contributed by atoms with E-state index in [0.29, 0.717) is 17.6 Å². The second-order valence-electron chi connectivity index (χ2n) is 5.50. The van der Waals surface area contributed by atoms with E-state index >= 15 is 0 Å². The summed E-state index contributed by atoms with van der Waals surface area (Å²) in [4.78, 5) is 12.4. The molecule has 2 N–H and O–H groups in total. The number of hydrogen-bond donors (Lipinski definition) is 2. The third-order valence-corrected chi connectivity index (χ3v) is 4.89. The number of carbonyl (C=O) groups excluding carboxylic acids is 1. The van der Waals surface area contributed by atoms with E-state index in [1.54, 1.807) is 0 Å². The molecule has 4 unspecified atom stereocenters. The minimum atomic E-state index is -0.0634. The van der Waals surface area contributed by atoms with Crippen molar-refractivity contribution in [3.63, 3.8) is 0 Å². The molecule has 4 fully saturated rings. The Labute approximate surface area is 83.6 Å². The first-order chi connectivity index (χ1) is 6.78. The fourth-order valence-corrected chi connectivity index (χ4v) is 3.84. The minimum Gasteiger partial charge on any atom is -0.305 e. The van der Waals surface area contributed by atoms with Crippen LogP contribution in [-0.2, 0) is 4.79 Å². The highest BCUT2D eigenvalue weighted by atomic mass is 16.1. The number of carbonyl (C=O) groups is 1. The molecule has 76 valence electrons. The van der Waals surface area contributed by atoms with E-state index in [1.165, 1.54) is 12.8 Å². The lowest BCUT2D eigenvalue weighted by atomic mass is 9.99. The molecule has 4 aliphatic rings. The Morgan fingerprint density at radius 3 is 1.79 bits per heavy atom. The van der Waals surface area contributed by atoms with Crippen LogP contribution in [0.15, 0.2) is 0 Å². The topological polar surface area (TPSA) is 41.1 Å². The van der Waals surface area contributed by atoms with Crippen molar-refractivity contribution in [2.24, 2.45) is 11.8 Å². The summed E-state index contributed by atoms with van der Waals surface area (Å²) >= 11 is 0. The van der Waals surface area contributed by atoms with Crippen molar-refractivity contribution in [1.82, 2.24) is 10.6 Å². The Balaban J connectivity index is 1.65. The lowest BCUT2D eigenvalue weighted by Gasteiger charge is -2.19. The maximum absolute atomic E-state index is 12.4. The Kier molecular flexibility index (Phi) is 1.16. The molecule has 2 saturated carbocycles. The highest BCUT2D eigenvalue weighted by molar-refractivity contribution is 6.03. The van der Waals surface area contributed by atoms with Crippen molar-refractivity contribution in [2.45, 2.75) is 36.8 Å². The molecule has 0 aromatic rings. The first-order valence-electron chi connectivity index (χ1n) is 5.83. The highest BCUT2D eigenvalue weighted by Crippen LogP contribution is 2.59. The zero-order valence-corrected chi connectivity index (χ0v) is 8.31. The van der Waals surface area contributed by atoms with E-state index in [-0.39, 0.29) is 11.1 Å². The van der Waals surface area contributed by atoms with Crippen LogP contribution in [-0.4, -0.2) is 30.0 Å². The molecule has 0 aromatic heterocycles. The van der Waals surface area contributed by atoms with Gasteiger partial charge in [0.2, 0.25) is 0 Å². The molecule has 0 amide bonds. The molecular weight excluding hydrogens is 176 g/mol. The van der Waals surface area contributed by atoms with E-state index in [1.807, 2.05) is 0 Å². The van der Waals surface area contributed by atoms with Gasteiger partial charge in [0, 0.05) is 0 Å². The summed E-state index contributed by atoms with van der Waals surface area (Å²) in [7, 11) is 0. The van der Waals surface area contributed by atoms with E-state index in [2.05, 4.69) is 10.6 Å². The quantitative estimate of drug-likeness (QED) is 0.650. The molecule has 3 nitrogen and oxygen atoms in total. The van der Waals surface area contributed by atoms with Gasteiger partial charge in [-0.05, 0) is 50.6 Å². The van der Waals surface area contributed by atoms with Gasteiger partial charge in [0.05, 0.1) is 11.1 Å². The van der Waals surface area contributed by atoms with Gasteiger partial charge in [0.1, 0.15) is 0 Å². The van der Waals surface area contributed by atoms with Crippen molar-refractivity contribution < 1.29 is 4.79 Å². The first kappa shape index (κ1) is 7.83. The number of rotatable bonds is 2. The van der Waals surface area contributed by atoms with Gasteiger partial charge in [-0.2, -0.15) is 0 Å². The Morgan fingerprint density at radius 1 is 1.00 bits per heavy atom. The summed E-state index contributed by atoms with van der Waals surface area (Å²) in [5.74, 6) is 1.86. The Morgan fingerprint density at radius 2 is 1.50 bits per heavy atom. The van der Waals surface area contributed by atoms with Gasteiger partial charge >= 0.3 is 0 Å². The fourth-order valence-electron chi connectivity index (χ4n) is 3.84. The van der Waals surface area contributed by atoms with Crippen molar-refractivity contribution in [3.8, 4) is 0 Å². The molecule has 3 heteroatoms. The van der Waals surface area contributed by atoms with Crippen LogP contribution in [0, 0.1) is 11.8 Å². The molecule has 2 saturated heterocycles. The zero-order chi connectivity index (χ0) is 9.39. The van der Waals surface area contributed by atoms with Gasteiger partial charge in [-0.3, -0.25) is 4.79 Å². The molecule has 0 spiro atoms. The van der Waals surface area contributed by atoms with Crippen molar-refractivity contribution in [3.05, 3.63) is 0 Å². The predicted molar refractivity (Wildman–Crippen MR) is 51.9 cm³/mol. The average Bonchev–Trinajstić information content (AvgIpc) is 3.01. The van der Waals surface area contributed by atoms with Crippen LogP contribution in [0.25, 0.3) is 0 Å². The minimum absolute atomic E-state index is 0.0634. The zero-order valence-electron chi connectivity index (χ0n) is 8.31. The molecule has 4 atom stereocenters. The third-order valence-electron chi connectivity index (χ3n) is 4.89. The summed E-state index contributed by atoms with van der Waals surface area (Å²) in [5.41, 5.74) is -0.127. The van der Waals surface area contributed by atoms with Gasteiger partial charge < -0.3 is 10.6 Å². The van der Waals surface area contributed by atoms with E-state index in [9.17, 15) is 4.79 Å². The van der Waals surface area contributed by atoms with Crippen LogP contribution in [0.5, 0.6) is 0 Å². The van der Waals surface area contributed by atoms with E-state index < -0.39 is 0 Å². The molecule has 2 aliphatic carbocycles. The average molecular weight is 192 g/mol. The molecule has 2 heterocycles. The molecular formula is C11H16N2O. The van der Waals surface area contributed by atoms with Gasteiger partial charge in [0.25, 0.3) is 0 Å². The maximum atomic E-state index is 12.4. The van der Waals surface area contributed by atoms with Crippen LogP contribution in [0.1, 0.15) is 25.7 Å². The van der Waals surface area contributed by atoms with E-state index in [0.717, 1.165) is 25.9 Å². The smallest absolute Gasteiger partial charge is 0.173 e. The summed E-state index contributed by atoms with van der Waals surface area (Å²) < 4.78 is 0. The van der Waals surface area contributed by atoms with Crippen LogP contribution in [0.4, 0.5) is 0 Å². The monoisotopic (exact) mass is 192 g/mol. The number of hydrogen-bond acceptors (Lipinski definition) is 3. The van der Waals surface area contributed by atoms with Crippen molar-refractivity contribution >= 4 is 5.78 Å². The number of fused-ring (bicyclic) bond motifs is 2. The van der Waals surface area contributed by atoms with Gasteiger partial charge in [-0.25, -0.2) is 0 Å². The van der Waals surface area contributed by atoms with Crippen LogP contribution < -0.4 is 10.6 Å². The molecule has 14 heavy (non-hydrogen) atoms. The molecule has 2 aliphatic heterocycles. The largest absolute Gasteiger partial charge is 0.305 e. The van der Waals surface area contributed by atoms with Gasteiger partial charge in [-0.15, -0.1) is 0 Å². The highest BCUT2D eigenvalue weighted by Gasteiger charge is 2.73.